The Kier molecular flexibility index (Phi) is 2.53. The Balaban J connectivity index is 2.68. The maximum atomic E-state index is 6.89. The first kappa shape index (κ1) is 7.37. The van der Waals surface area contributed by atoms with Crippen molar-refractivity contribution in [1.29, 1.82) is 5.41 Å². The SMILES string of the molecule is CNCc1csc(C=N)n1. The van der Waals surface area contributed by atoms with E-state index in [1.54, 1.807) is 0 Å². The molecular weight excluding hydrogens is 146 g/mol. The van der Waals surface area contributed by atoms with Gasteiger partial charge in [-0.25, -0.2) is 4.98 Å². The zero-order valence-electron chi connectivity index (χ0n) is 5.72. The second-order valence-electron chi connectivity index (χ2n) is 1.85. The van der Waals surface area contributed by atoms with E-state index in [0.717, 1.165) is 17.2 Å². The van der Waals surface area contributed by atoms with Crippen LogP contribution in [0.5, 0.6) is 0 Å². The highest BCUT2D eigenvalue weighted by Gasteiger charge is 1.95. The van der Waals surface area contributed by atoms with Crippen molar-refractivity contribution in [1.82, 2.24) is 10.3 Å². The van der Waals surface area contributed by atoms with E-state index in [1.165, 1.54) is 17.6 Å². The third kappa shape index (κ3) is 1.62. The van der Waals surface area contributed by atoms with Gasteiger partial charge in [-0.2, -0.15) is 0 Å². The van der Waals surface area contributed by atoms with Crippen LogP contribution in [0.25, 0.3) is 0 Å². The van der Waals surface area contributed by atoms with Crippen LogP contribution in [-0.4, -0.2) is 18.2 Å². The molecule has 0 atom stereocenters. The van der Waals surface area contributed by atoms with Crippen molar-refractivity contribution in [3.8, 4) is 0 Å². The van der Waals surface area contributed by atoms with Crippen molar-refractivity contribution >= 4 is 17.6 Å². The Morgan fingerprint density at radius 1 is 1.90 bits per heavy atom. The highest BCUT2D eigenvalue weighted by molar-refractivity contribution is 7.11. The summed E-state index contributed by atoms with van der Waals surface area (Å²) in [5.41, 5.74) is 1.01. The minimum Gasteiger partial charge on any atom is -0.314 e. The average molecular weight is 155 g/mol. The van der Waals surface area contributed by atoms with E-state index in [4.69, 9.17) is 5.41 Å². The fourth-order valence-electron chi connectivity index (χ4n) is 0.651. The van der Waals surface area contributed by atoms with Crippen LogP contribution < -0.4 is 5.32 Å². The lowest BCUT2D eigenvalue weighted by molar-refractivity contribution is 0.797. The van der Waals surface area contributed by atoms with Crippen LogP contribution in [0.15, 0.2) is 5.38 Å². The molecule has 0 aliphatic rings. The van der Waals surface area contributed by atoms with Gasteiger partial charge in [0.2, 0.25) is 0 Å². The molecule has 1 aromatic heterocycles. The molecule has 0 saturated heterocycles. The van der Waals surface area contributed by atoms with Gasteiger partial charge in [-0.15, -0.1) is 11.3 Å². The molecule has 0 radical (unpaired) electrons. The van der Waals surface area contributed by atoms with E-state index in [2.05, 4.69) is 10.3 Å². The molecule has 0 saturated carbocycles. The van der Waals surface area contributed by atoms with Crippen LogP contribution in [0, 0.1) is 5.41 Å². The highest BCUT2D eigenvalue weighted by atomic mass is 32.1. The summed E-state index contributed by atoms with van der Waals surface area (Å²) in [5, 5.41) is 12.6. The lowest BCUT2D eigenvalue weighted by atomic mass is 10.5. The molecule has 4 heteroatoms. The zero-order chi connectivity index (χ0) is 7.40. The summed E-state index contributed by atoms with van der Waals surface area (Å²) in [7, 11) is 1.88. The molecule has 0 amide bonds. The highest BCUT2D eigenvalue weighted by Crippen LogP contribution is 2.05. The molecular formula is C6H9N3S. The quantitative estimate of drug-likeness (QED) is 0.636. The van der Waals surface area contributed by atoms with Gasteiger partial charge in [0, 0.05) is 11.9 Å². The predicted molar refractivity (Wildman–Crippen MR) is 42.8 cm³/mol. The standard InChI is InChI=1S/C6H9N3S/c1-8-3-5-4-10-6(2-7)9-5/h2,4,7-8H,3H2,1H3. The van der Waals surface area contributed by atoms with Crippen molar-refractivity contribution in [2.45, 2.75) is 6.54 Å². The summed E-state index contributed by atoms with van der Waals surface area (Å²) in [6.07, 6.45) is 1.27. The van der Waals surface area contributed by atoms with Gasteiger partial charge in [0.05, 0.1) is 11.9 Å². The van der Waals surface area contributed by atoms with Gasteiger partial charge >= 0.3 is 0 Å². The molecule has 1 heterocycles. The smallest absolute Gasteiger partial charge is 0.134 e. The van der Waals surface area contributed by atoms with Gasteiger partial charge in [-0.1, -0.05) is 0 Å². The fraction of sp³-hybridized carbons (Fsp3) is 0.333. The summed E-state index contributed by atoms with van der Waals surface area (Å²) in [6, 6.07) is 0. The van der Waals surface area contributed by atoms with Gasteiger partial charge in [-0.3, -0.25) is 0 Å². The number of aromatic nitrogens is 1. The first-order chi connectivity index (χ1) is 4.86. The van der Waals surface area contributed by atoms with Gasteiger partial charge in [-0.05, 0) is 7.05 Å². The number of hydrogen-bond donors (Lipinski definition) is 2. The monoisotopic (exact) mass is 155 g/mol. The van der Waals surface area contributed by atoms with Gasteiger partial charge in [0.25, 0.3) is 0 Å². The van der Waals surface area contributed by atoms with E-state index in [0.29, 0.717) is 0 Å². The van der Waals surface area contributed by atoms with Crippen molar-refractivity contribution in [2.75, 3.05) is 7.05 Å². The largest absolute Gasteiger partial charge is 0.314 e. The fourth-order valence-corrected chi connectivity index (χ4v) is 1.28. The number of rotatable bonds is 3. The van der Waals surface area contributed by atoms with Crippen LogP contribution in [0.3, 0.4) is 0 Å². The minimum atomic E-state index is 0.769. The molecule has 0 bridgehead atoms. The molecule has 0 unspecified atom stereocenters. The molecule has 0 spiro atoms. The summed E-state index contributed by atoms with van der Waals surface area (Å²) in [4.78, 5) is 4.13. The van der Waals surface area contributed by atoms with E-state index < -0.39 is 0 Å². The van der Waals surface area contributed by atoms with Gasteiger partial charge < -0.3 is 10.7 Å². The third-order valence-corrected chi connectivity index (χ3v) is 1.89. The lowest BCUT2D eigenvalue weighted by Gasteiger charge is -1.89. The van der Waals surface area contributed by atoms with E-state index in [9.17, 15) is 0 Å². The van der Waals surface area contributed by atoms with Crippen molar-refractivity contribution in [2.24, 2.45) is 0 Å². The Hall–Kier alpha value is -0.740. The molecule has 10 heavy (non-hydrogen) atoms. The normalized spacial score (nSPS) is 9.70. The molecule has 1 aromatic rings. The Morgan fingerprint density at radius 3 is 3.20 bits per heavy atom. The minimum absolute atomic E-state index is 0.769. The summed E-state index contributed by atoms with van der Waals surface area (Å²) in [5.74, 6) is 0. The summed E-state index contributed by atoms with van der Waals surface area (Å²) < 4.78 is 0. The van der Waals surface area contributed by atoms with Crippen LogP contribution in [0.1, 0.15) is 10.7 Å². The van der Waals surface area contributed by atoms with Crippen LogP contribution in [0.2, 0.25) is 0 Å². The Morgan fingerprint density at radius 2 is 2.70 bits per heavy atom. The molecule has 0 aromatic carbocycles. The molecule has 2 N–H and O–H groups in total. The third-order valence-electron chi connectivity index (χ3n) is 1.05. The molecule has 54 valence electrons. The first-order valence-electron chi connectivity index (χ1n) is 2.96. The van der Waals surface area contributed by atoms with Gasteiger partial charge in [0.1, 0.15) is 5.01 Å². The number of hydrogen-bond acceptors (Lipinski definition) is 4. The zero-order valence-corrected chi connectivity index (χ0v) is 6.53. The van der Waals surface area contributed by atoms with Crippen LogP contribution in [-0.2, 0) is 6.54 Å². The maximum absolute atomic E-state index is 6.89. The molecule has 0 aliphatic carbocycles. The second kappa shape index (κ2) is 3.43. The number of nitrogens with one attached hydrogen (secondary N) is 2. The lowest BCUT2D eigenvalue weighted by Crippen LogP contribution is -2.05. The topological polar surface area (TPSA) is 48.8 Å². The predicted octanol–water partition coefficient (Wildman–Crippen LogP) is 0.860. The molecule has 3 nitrogen and oxygen atoms in total. The number of thiazole rings is 1. The van der Waals surface area contributed by atoms with Crippen LogP contribution >= 0.6 is 11.3 Å². The maximum Gasteiger partial charge on any atom is 0.134 e. The molecule has 0 aliphatic heterocycles. The summed E-state index contributed by atoms with van der Waals surface area (Å²) >= 11 is 1.50. The van der Waals surface area contributed by atoms with E-state index in [1.807, 2.05) is 12.4 Å². The van der Waals surface area contributed by atoms with Crippen molar-refractivity contribution < 1.29 is 0 Å². The molecule has 1 rings (SSSR count). The van der Waals surface area contributed by atoms with E-state index >= 15 is 0 Å². The van der Waals surface area contributed by atoms with Crippen molar-refractivity contribution in [3.63, 3.8) is 0 Å². The van der Waals surface area contributed by atoms with Gasteiger partial charge in [0.15, 0.2) is 0 Å². The molecule has 0 fully saturated rings. The Bertz CT molecular complexity index is 219. The van der Waals surface area contributed by atoms with Crippen molar-refractivity contribution in [3.05, 3.63) is 16.1 Å². The second-order valence-corrected chi connectivity index (χ2v) is 2.74. The average Bonchev–Trinajstić information content (AvgIpc) is 2.37. The first-order valence-corrected chi connectivity index (χ1v) is 3.84. The van der Waals surface area contributed by atoms with Crippen LogP contribution in [0.4, 0.5) is 0 Å². The van der Waals surface area contributed by atoms with E-state index in [-0.39, 0.29) is 0 Å². The number of nitrogens with zero attached hydrogens (tertiary/aromatic N) is 1. The Labute approximate surface area is 63.6 Å². The summed E-state index contributed by atoms with van der Waals surface area (Å²) in [6.45, 7) is 0.782.